The van der Waals surface area contributed by atoms with Gasteiger partial charge < -0.3 is 19.5 Å². The molecule has 17 heavy (non-hydrogen) atoms. The van der Waals surface area contributed by atoms with Crippen LogP contribution in [0.3, 0.4) is 0 Å². The number of likely N-dealkylation sites (N-methyl/N-ethyl adjacent to an activating group) is 1. The van der Waals surface area contributed by atoms with Crippen LogP contribution in [0, 0.1) is 6.92 Å². The Labute approximate surface area is 103 Å². The lowest BCUT2D eigenvalue weighted by Gasteiger charge is -2.15. The highest BCUT2D eigenvalue weighted by Gasteiger charge is 2.03. The predicted molar refractivity (Wildman–Crippen MR) is 66.8 cm³/mol. The van der Waals surface area contributed by atoms with E-state index >= 15 is 0 Å². The maximum atomic E-state index is 5.02. The highest BCUT2D eigenvalue weighted by atomic mass is 16.5. The van der Waals surface area contributed by atoms with Crippen molar-refractivity contribution in [2.75, 3.05) is 40.4 Å². The van der Waals surface area contributed by atoms with Gasteiger partial charge in [0.2, 0.25) is 0 Å². The van der Waals surface area contributed by atoms with Gasteiger partial charge in [0, 0.05) is 33.8 Å². The molecule has 1 aromatic rings. The number of methoxy groups -OCH3 is 1. The van der Waals surface area contributed by atoms with Gasteiger partial charge in [-0.05, 0) is 14.0 Å². The Morgan fingerprint density at radius 3 is 2.71 bits per heavy atom. The van der Waals surface area contributed by atoms with Gasteiger partial charge in [-0.1, -0.05) is 0 Å². The summed E-state index contributed by atoms with van der Waals surface area (Å²) in [6.45, 7) is 6.39. The van der Waals surface area contributed by atoms with E-state index in [4.69, 9.17) is 4.74 Å². The highest BCUT2D eigenvalue weighted by molar-refractivity contribution is 4.91. The van der Waals surface area contributed by atoms with Gasteiger partial charge in [-0.15, -0.1) is 10.2 Å². The number of hydrogen-bond donors (Lipinski definition) is 1. The standard InChI is InChI=1S/C11H23N5O/c1-10-13-14-11(16(10)3)9-12-5-6-15(2)7-8-17-4/h12H,5-9H2,1-4H3. The second-order valence-corrected chi connectivity index (χ2v) is 4.20. The van der Waals surface area contributed by atoms with Crippen molar-refractivity contribution >= 4 is 0 Å². The number of ether oxygens (including phenoxy) is 1. The quantitative estimate of drug-likeness (QED) is 0.638. The lowest BCUT2D eigenvalue weighted by molar-refractivity contribution is 0.161. The molecule has 1 N–H and O–H groups in total. The molecule has 1 rings (SSSR count). The number of aromatic nitrogens is 3. The second kappa shape index (κ2) is 7.37. The molecule has 0 spiro atoms. The van der Waals surface area contributed by atoms with Gasteiger partial charge >= 0.3 is 0 Å². The third kappa shape index (κ3) is 4.80. The van der Waals surface area contributed by atoms with Crippen molar-refractivity contribution in [2.24, 2.45) is 7.05 Å². The van der Waals surface area contributed by atoms with E-state index in [1.165, 1.54) is 0 Å². The molecule has 6 heteroatoms. The van der Waals surface area contributed by atoms with E-state index in [0.717, 1.165) is 44.4 Å². The van der Waals surface area contributed by atoms with Crippen molar-refractivity contribution in [1.29, 1.82) is 0 Å². The summed E-state index contributed by atoms with van der Waals surface area (Å²) in [4.78, 5) is 2.23. The van der Waals surface area contributed by atoms with Gasteiger partial charge in [0.25, 0.3) is 0 Å². The van der Waals surface area contributed by atoms with E-state index in [-0.39, 0.29) is 0 Å². The SMILES string of the molecule is COCCN(C)CCNCc1nnc(C)n1C. The zero-order valence-corrected chi connectivity index (χ0v) is 11.2. The molecule has 0 aromatic carbocycles. The van der Waals surface area contributed by atoms with Crippen LogP contribution in [0.15, 0.2) is 0 Å². The Bertz CT molecular complexity index is 326. The molecule has 1 heterocycles. The van der Waals surface area contributed by atoms with Gasteiger partial charge in [0.15, 0.2) is 0 Å². The topological polar surface area (TPSA) is 55.2 Å². The predicted octanol–water partition coefficient (Wildman–Crippen LogP) is -0.209. The Morgan fingerprint density at radius 2 is 2.12 bits per heavy atom. The lowest BCUT2D eigenvalue weighted by Crippen LogP contribution is -2.31. The number of nitrogens with one attached hydrogen (secondary N) is 1. The molecule has 0 atom stereocenters. The summed E-state index contributed by atoms with van der Waals surface area (Å²) in [6.07, 6.45) is 0. The van der Waals surface area contributed by atoms with Crippen LogP contribution in [-0.2, 0) is 18.3 Å². The third-order valence-corrected chi connectivity index (χ3v) is 2.81. The molecule has 0 bridgehead atoms. The average molecular weight is 241 g/mol. The van der Waals surface area contributed by atoms with E-state index in [2.05, 4.69) is 27.5 Å². The van der Waals surface area contributed by atoms with E-state index in [0.29, 0.717) is 0 Å². The fourth-order valence-corrected chi connectivity index (χ4v) is 1.43. The molecular weight excluding hydrogens is 218 g/mol. The number of rotatable bonds is 8. The summed E-state index contributed by atoms with van der Waals surface area (Å²) < 4.78 is 7.02. The summed E-state index contributed by atoms with van der Waals surface area (Å²) in [5, 5.41) is 11.5. The zero-order valence-electron chi connectivity index (χ0n) is 11.2. The fraction of sp³-hybridized carbons (Fsp3) is 0.818. The fourth-order valence-electron chi connectivity index (χ4n) is 1.43. The van der Waals surface area contributed by atoms with E-state index < -0.39 is 0 Å². The zero-order chi connectivity index (χ0) is 12.7. The molecule has 0 aliphatic rings. The second-order valence-electron chi connectivity index (χ2n) is 4.20. The Hall–Kier alpha value is -0.980. The normalized spacial score (nSPS) is 11.4. The van der Waals surface area contributed by atoms with Crippen molar-refractivity contribution in [3.05, 3.63) is 11.6 Å². The van der Waals surface area contributed by atoms with E-state index in [1.54, 1.807) is 7.11 Å². The first-order valence-corrected chi connectivity index (χ1v) is 5.88. The van der Waals surface area contributed by atoms with Crippen LogP contribution in [0.1, 0.15) is 11.6 Å². The molecule has 0 aliphatic heterocycles. The van der Waals surface area contributed by atoms with Crippen LogP contribution >= 0.6 is 0 Å². The van der Waals surface area contributed by atoms with Crippen LogP contribution in [0.4, 0.5) is 0 Å². The van der Waals surface area contributed by atoms with Crippen molar-refractivity contribution in [3.63, 3.8) is 0 Å². The van der Waals surface area contributed by atoms with Crippen LogP contribution in [-0.4, -0.2) is 60.1 Å². The summed E-state index contributed by atoms with van der Waals surface area (Å²) in [5.41, 5.74) is 0. The van der Waals surface area contributed by atoms with Gasteiger partial charge in [-0.2, -0.15) is 0 Å². The number of aryl methyl sites for hydroxylation is 1. The van der Waals surface area contributed by atoms with Gasteiger partial charge in [-0.25, -0.2) is 0 Å². The third-order valence-electron chi connectivity index (χ3n) is 2.81. The Balaban J connectivity index is 2.14. The van der Waals surface area contributed by atoms with Crippen molar-refractivity contribution in [3.8, 4) is 0 Å². The first-order valence-electron chi connectivity index (χ1n) is 5.88. The molecular formula is C11H23N5O. The van der Waals surface area contributed by atoms with Gasteiger partial charge in [0.05, 0.1) is 13.2 Å². The molecule has 6 nitrogen and oxygen atoms in total. The molecule has 98 valence electrons. The molecule has 0 saturated heterocycles. The average Bonchev–Trinajstić information content (AvgIpc) is 2.63. The molecule has 0 fully saturated rings. The van der Waals surface area contributed by atoms with Crippen molar-refractivity contribution in [1.82, 2.24) is 25.0 Å². The van der Waals surface area contributed by atoms with Gasteiger partial charge in [0.1, 0.15) is 11.6 Å². The summed E-state index contributed by atoms with van der Waals surface area (Å²) >= 11 is 0. The maximum absolute atomic E-state index is 5.02. The first-order chi connectivity index (χ1) is 8.15. The van der Waals surface area contributed by atoms with Gasteiger partial charge in [-0.3, -0.25) is 0 Å². The van der Waals surface area contributed by atoms with Crippen LogP contribution in [0.25, 0.3) is 0 Å². The van der Waals surface area contributed by atoms with Crippen LogP contribution < -0.4 is 5.32 Å². The molecule has 0 unspecified atom stereocenters. The minimum atomic E-state index is 0.759. The van der Waals surface area contributed by atoms with Crippen LogP contribution in [0.2, 0.25) is 0 Å². The molecule has 0 amide bonds. The molecule has 0 radical (unpaired) electrons. The Kier molecular flexibility index (Phi) is 6.10. The summed E-state index contributed by atoms with van der Waals surface area (Å²) in [7, 11) is 5.80. The smallest absolute Gasteiger partial charge is 0.146 e. The number of hydrogen-bond acceptors (Lipinski definition) is 5. The summed E-state index contributed by atoms with van der Waals surface area (Å²) in [6, 6.07) is 0. The molecule has 0 aliphatic carbocycles. The molecule has 1 aromatic heterocycles. The van der Waals surface area contributed by atoms with E-state index in [9.17, 15) is 0 Å². The van der Waals surface area contributed by atoms with E-state index in [1.807, 2.05) is 18.5 Å². The first kappa shape index (κ1) is 14.1. The minimum absolute atomic E-state index is 0.759. The monoisotopic (exact) mass is 241 g/mol. The molecule has 0 saturated carbocycles. The highest BCUT2D eigenvalue weighted by Crippen LogP contribution is 1.96. The van der Waals surface area contributed by atoms with Crippen molar-refractivity contribution < 1.29 is 4.74 Å². The Morgan fingerprint density at radius 1 is 1.35 bits per heavy atom. The lowest BCUT2D eigenvalue weighted by atomic mass is 10.5. The number of nitrogens with zero attached hydrogens (tertiary/aromatic N) is 4. The maximum Gasteiger partial charge on any atom is 0.146 e. The minimum Gasteiger partial charge on any atom is -0.383 e. The largest absolute Gasteiger partial charge is 0.383 e. The van der Waals surface area contributed by atoms with Crippen molar-refractivity contribution in [2.45, 2.75) is 13.5 Å². The summed E-state index contributed by atoms with van der Waals surface area (Å²) in [5.74, 6) is 1.92. The van der Waals surface area contributed by atoms with Crippen LogP contribution in [0.5, 0.6) is 0 Å².